The van der Waals surface area contributed by atoms with Crippen molar-refractivity contribution in [1.82, 2.24) is 0 Å². The first-order chi connectivity index (χ1) is 8.09. The summed E-state index contributed by atoms with van der Waals surface area (Å²) in [6.45, 7) is 4.47. The third kappa shape index (κ3) is 5.35. The third-order valence-electron chi connectivity index (χ3n) is 2.21. The van der Waals surface area contributed by atoms with E-state index >= 15 is 0 Å². The normalized spacial score (nSPS) is 11.7. The molecule has 0 atom stereocenters. The Bertz CT molecular complexity index is 385. The van der Waals surface area contributed by atoms with E-state index in [0.717, 1.165) is 10.0 Å². The van der Waals surface area contributed by atoms with Crippen molar-refractivity contribution in [2.45, 2.75) is 20.3 Å². The van der Waals surface area contributed by atoms with Gasteiger partial charge in [0.2, 0.25) is 0 Å². The Kier molecular flexibility index (Phi) is 6.42. The van der Waals surface area contributed by atoms with Crippen LogP contribution in [0.15, 0.2) is 28.7 Å². The average Bonchev–Trinajstić information content (AvgIpc) is 2.27. The molecule has 0 heterocycles. The first kappa shape index (κ1) is 14.9. The van der Waals surface area contributed by atoms with Crippen LogP contribution in [0.1, 0.15) is 19.4 Å². The van der Waals surface area contributed by atoms with E-state index in [-0.39, 0.29) is 0 Å². The molecule has 0 aliphatic carbocycles. The molecule has 96 valence electrons. The van der Waals surface area contributed by atoms with Gasteiger partial charge in [0.25, 0.3) is 0 Å². The number of aryl methyl sites for hydroxylation is 1. The quantitative estimate of drug-likeness (QED) is 0.704. The average molecular weight is 321 g/mol. The monoisotopic (exact) mass is 320 g/mol. The Hall–Kier alpha value is -0.150. The van der Waals surface area contributed by atoms with E-state index in [9.17, 15) is 4.57 Å². The van der Waals surface area contributed by atoms with Crippen LogP contribution in [0.5, 0.6) is 0 Å². The van der Waals surface area contributed by atoms with Crippen molar-refractivity contribution < 1.29 is 13.6 Å². The number of hydrogen-bond donors (Lipinski definition) is 0. The molecule has 0 amide bonds. The van der Waals surface area contributed by atoms with Crippen molar-refractivity contribution in [1.29, 1.82) is 0 Å². The minimum Gasteiger partial charge on any atom is -0.309 e. The Balaban J connectivity index is 2.60. The number of rotatable bonds is 7. The van der Waals surface area contributed by atoms with Crippen molar-refractivity contribution >= 4 is 23.5 Å². The first-order valence-corrected chi connectivity index (χ1v) is 8.24. The molecule has 0 saturated heterocycles. The lowest BCUT2D eigenvalue weighted by Gasteiger charge is -2.16. The molecule has 0 saturated carbocycles. The van der Waals surface area contributed by atoms with E-state index in [2.05, 4.69) is 15.9 Å². The van der Waals surface area contributed by atoms with Crippen LogP contribution >= 0.6 is 23.5 Å². The zero-order valence-electron chi connectivity index (χ0n) is 10.2. The zero-order valence-corrected chi connectivity index (χ0v) is 12.7. The topological polar surface area (TPSA) is 35.5 Å². The Morgan fingerprint density at radius 2 is 1.88 bits per heavy atom. The Labute approximate surface area is 111 Å². The van der Waals surface area contributed by atoms with Gasteiger partial charge in [0.1, 0.15) is 0 Å². The van der Waals surface area contributed by atoms with Crippen LogP contribution in [0.2, 0.25) is 0 Å². The highest BCUT2D eigenvalue weighted by molar-refractivity contribution is 9.10. The molecule has 5 heteroatoms. The molecule has 1 aromatic rings. The number of halogens is 1. The van der Waals surface area contributed by atoms with Crippen LogP contribution in [0.4, 0.5) is 0 Å². The van der Waals surface area contributed by atoms with E-state index < -0.39 is 7.60 Å². The SMILES string of the molecule is CCOP(=O)(CCc1cccc(Br)c1)OCC. The molecule has 1 rings (SSSR count). The van der Waals surface area contributed by atoms with E-state index in [0.29, 0.717) is 25.8 Å². The van der Waals surface area contributed by atoms with Gasteiger partial charge in [0, 0.05) is 4.47 Å². The molecular formula is C12H18BrO3P. The second-order valence-corrected chi connectivity index (χ2v) is 6.65. The summed E-state index contributed by atoms with van der Waals surface area (Å²) in [6, 6.07) is 7.95. The van der Waals surface area contributed by atoms with Crippen LogP contribution in [0.3, 0.4) is 0 Å². The lowest BCUT2D eigenvalue weighted by atomic mass is 10.2. The fourth-order valence-electron chi connectivity index (χ4n) is 1.52. The molecule has 0 aliphatic rings. The standard InChI is InChI=1S/C12H18BrO3P/c1-3-15-17(14,16-4-2)9-8-11-6-5-7-12(13)10-11/h5-7,10H,3-4,8-9H2,1-2H3. The van der Waals surface area contributed by atoms with Gasteiger partial charge in [0.15, 0.2) is 0 Å². The van der Waals surface area contributed by atoms with Gasteiger partial charge in [-0.25, -0.2) is 0 Å². The van der Waals surface area contributed by atoms with Crippen LogP contribution in [-0.4, -0.2) is 19.4 Å². The molecule has 3 nitrogen and oxygen atoms in total. The zero-order chi connectivity index (χ0) is 12.7. The minimum absolute atomic E-state index is 0.412. The van der Waals surface area contributed by atoms with E-state index in [4.69, 9.17) is 9.05 Å². The van der Waals surface area contributed by atoms with E-state index in [1.54, 1.807) is 0 Å². The van der Waals surface area contributed by atoms with Gasteiger partial charge in [-0.15, -0.1) is 0 Å². The van der Waals surface area contributed by atoms with Crippen molar-refractivity contribution in [3.8, 4) is 0 Å². The maximum atomic E-state index is 12.2. The van der Waals surface area contributed by atoms with Crippen LogP contribution < -0.4 is 0 Å². The second-order valence-electron chi connectivity index (χ2n) is 3.55. The van der Waals surface area contributed by atoms with Crippen molar-refractivity contribution in [2.24, 2.45) is 0 Å². The van der Waals surface area contributed by atoms with Gasteiger partial charge >= 0.3 is 7.60 Å². The summed E-state index contributed by atoms with van der Waals surface area (Å²) in [7, 11) is -2.92. The summed E-state index contributed by atoms with van der Waals surface area (Å²) in [5.41, 5.74) is 1.12. The molecular weight excluding hydrogens is 303 g/mol. The van der Waals surface area contributed by atoms with Gasteiger partial charge in [-0.05, 0) is 38.0 Å². The van der Waals surface area contributed by atoms with E-state index in [1.807, 2.05) is 38.1 Å². The predicted molar refractivity (Wildman–Crippen MR) is 73.6 cm³/mol. The van der Waals surface area contributed by atoms with Crippen LogP contribution in [0, 0.1) is 0 Å². The fourth-order valence-corrected chi connectivity index (χ4v) is 3.62. The first-order valence-electron chi connectivity index (χ1n) is 5.72. The molecule has 0 N–H and O–H groups in total. The summed E-state index contributed by atoms with van der Waals surface area (Å²) in [5, 5.41) is 0. The highest BCUT2D eigenvalue weighted by Gasteiger charge is 2.22. The Morgan fingerprint density at radius 1 is 1.24 bits per heavy atom. The number of hydrogen-bond acceptors (Lipinski definition) is 3. The number of benzene rings is 1. The lowest BCUT2D eigenvalue weighted by Crippen LogP contribution is -2.02. The largest absolute Gasteiger partial charge is 0.330 e. The lowest BCUT2D eigenvalue weighted by molar-refractivity contribution is 0.220. The van der Waals surface area contributed by atoms with Crippen LogP contribution in [0.25, 0.3) is 0 Å². The molecule has 0 aromatic heterocycles. The molecule has 0 spiro atoms. The molecule has 0 fully saturated rings. The summed E-state index contributed by atoms with van der Waals surface area (Å²) >= 11 is 3.41. The third-order valence-corrected chi connectivity index (χ3v) is 4.78. The maximum Gasteiger partial charge on any atom is 0.330 e. The summed E-state index contributed by atoms with van der Waals surface area (Å²) in [5.74, 6) is 0. The highest BCUT2D eigenvalue weighted by atomic mass is 79.9. The van der Waals surface area contributed by atoms with Gasteiger partial charge < -0.3 is 9.05 Å². The predicted octanol–water partition coefficient (Wildman–Crippen LogP) is 4.26. The summed E-state index contributed by atoms with van der Waals surface area (Å²) in [6.07, 6.45) is 1.11. The fraction of sp³-hybridized carbons (Fsp3) is 0.500. The molecule has 0 unspecified atom stereocenters. The van der Waals surface area contributed by atoms with Crippen molar-refractivity contribution in [3.63, 3.8) is 0 Å². The molecule has 1 aromatic carbocycles. The van der Waals surface area contributed by atoms with Gasteiger partial charge in [-0.1, -0.05) is 28.1 Å². The Morgan fingerprint density at radius 3 is 2.41 bits per heavy atom. The molecule has 17 heavy (non-hydrogen) atoms. The van der Waals surface area contributed by atoms with Crippen LogP contribution in [-0.2, 0) is 20.0 Å². The summed E-state index contributed by atoms with van der Waals surface area (Å²) < 4.78 is 23.7. The molecule has 0 aliphatic heterocycles. The maximum absolute atomic E-state index is 12.2. The van der Waals surface area contributed by atoms with Gasteiger partial charge in [0.05, 0.1) is 19.4 Å². The van der Waals surface area contributed by atoms with Gasteiger partial charge in [-0.2, -0.15) is 0 Å². The van der Waals surface area contributed by atoms with Gasteiger partial charge in [-0.3, -0.25) is 4.57 Å². The minimum atomic E-state index is -2.92. The second kappa shape index (κ2) is 7.32. The summed E-state index contributed by atoms with van der Waals surface area (Å²) in [4.78, 5) is 0. The van der Waals surface area contributed by atoms with Crippen molar-refractivity contribution in [3.05, 3.63) is 34.3 Å². The smallest absolute Gasteiger partial charge is 0.309 e. The van der Waals surface area contributed by atoms with E-state index in [1.165, 1.54) is 0 Å². The molecule has 0 bridgehead atoms. The van der Waals surface area contributed by atoms with Crippen molar-refractivity contribution in [2.75, 3.05) is 19.4 Å². The molecule has 0 radical (unpaired) electrons. The highest BCUT2D eigenvalue weighted by Crippen LogP contribution is 2.48.